The highest BCUT2D eigenvalue weighted by Crippen LogP contribution is 2.40. The van der Waals surface area contributed by atoms with Crippen molar-refractivity contribution in [3.63, 3.8) is 0 Å². The first kappa shape index (κ1) is 17.7. The molecule has 1 atom stereocenters. The fourth-order valence-electron chi connectivity index (χ4n) is 3.17. The summed E-state index contributed by atoms with van der Waals surface area (Å²) in [6.45, 7) is 2.78. The lowest BCUT2D eigenvalue weighted by molar-refractivity contribution is 0.0760. The molecule has 1 fully saturated rings. The number of aryl methyl sites for hydroxylation is 1. The molecule has 1 aliphatic heterocycles. The molecule has 4 heteroatoms. The van der Waals surface area contributed by atoms with Crippen molar-refractivity contribution in [1.82, 2.24) is 4.90 Å². The van der Waals surface area contributed by atoms with Gasteiger partial charge in [0.05, 0.1) is 0 Å². The first-order valence-electron chi connectivity index (χ1n) is 9.03. The minimum absolute atomic E-state index is 0.0122. The van der Waals surface area contributed by atoms with Gasteiger partial charge in [0.1, 0.15) is 16.9 Å². The van der Waals surface area contributed by atoms with Crippen molar-refractivity contribution in [2.45, 2.75) is 12.3 Å². The number of carbonyl (C=O) groups excluding carboxylic acids is 1. The number of hydrogen-bond donors (Lipinski definition) is 0. The largest absolute Gasteiger partial charge is 0.457 e. The van der Waals surface area contributed by atoms with E-state index >= 15 is 0 Å². The maximum absolute atomic E-state index is 13.0. The van der Waals surface area contributed by atoms with Gasteiger partial charge in [0.2, 0.25) is 0 Å². The Balaban J connectivity index is 1.56. The number of benzene rings is 3. The fraction of sp³-hybridized carbons (Fsp3) is 0.174. The quantitative estimate of drug-likeness (QED) is 0.588. The Labute approximate surface area is 164 Å². The van der Waals surface area contributed by atoms with E-state index in [-0.39, 0.29) is 11.3 Å². The summed E-state index contributed by atoms with van der Waals surface area (Å²) < 4.78 is 5.96. The van der Waals surface area contributed by atoms with Crippen molar-refractivity contribution in [1.29, 1.82) is 0 Å². The zero-order chi connectivity index (χ0) is 18.6. The summed E-state index contributed by atoms with van der Waals surface area (Å²) in [5.74, 6) is 2.61. The second-order valence-corrected chi connectivity index (χ2v) is 7.76. The molecule has 1 unspecified atom stereocenters. The molecular formula is C23H21NO2S. The number of hydrogen-bond acceptors (Lipinski definition) is 3. The van der Waals surface area contributed by atoms with Crippen LogP contribution in [0.1, 0.15) is 26.9 Å². The van der Waals surface area contributed by atoms with Crippen LogP contribution in [0.2, 0.25) is 0 Å². The van der Waals surface area contributed by atoms with Gasteiger partial charge in [-0.05, 0) is 48.9 Å². The van der Waals surface area contributed by atoms with Crippen LogP contribution in [0.4, 0.5) is 0 Å². The Hall–Kier alpha value is -2.72. The van der Waals surface area contributed by atoms with Crippen molar-refractivity contribution in [3.8, 4) is 11.5 Å². The van der Waals surface area contributed by atoms with E-state index in [0.29, 0.717) is 0 Å². The van der Waals surface area contributed by atoms with E-state index in [1.807, 2.05) is 84.6 Å². The summed E-state index contributed by atoms with van der Waals surface area (Å²) in [5, 5.41) is 0.0122. The van der Waals surface area contributed by atoms with Gasteiger partial charge in [0.25, 0.3) is 5.91 Å². The standard InChI is InChI=1S/C23H21NO2S/c1-17-10-12-18(13-11-17)22(25)24-14-15-27-23(24)19-6-5-9-21(16-19)26-20-7-3-2-4-8-20/h2-13,16,23H,14-15H2,1H3. The molecule has 0 aliphatic carbocycles. The third-order valence-corrected chi connectivity index (χ3v) is 5.83. The summed E-state index contributed by atoms with van der Waals surface area (Å²) >= 11 is 1.79. The van der Waals surface area contributed by atoms with Crippen LogP contribution in [0.5, 0.6) is 11.5 Å². The minimum atomic E-state index is 0.0122. The van der Waals surface area contributed by atoms with Gasteiger partial charge in [-0.1, -0.05) is 48.0 Å². The monoisotopic (exact) mass is 375 g/mol. The zero-order valence-electron chi connectivity index (χ0n) is 15.2. The Morgan fingerprint density at radius 3 is 2.48 bits per heavy atom. The average molecular weight is 375 g/mol. The number of ether oxygens (including phenoxy) is 1. The first-order valence-corrected chi connectivity index (χ1v) is 10.1. The molecule has 3 aromatic rings. The van der Waals surface area contributed by atoms with Crippen LogP contribution >= 0.6 is 11.8 Å². The molecule has 3 nitrogen and oxygen atoms in total. The summed E-state index contributed by atoms with van der Waals surface area (Å²) in [6, 6.07) is 25.6. The number of amides is 1. The number of rotatable bonds is 4. The van der Waals surface area contributed by atoms with E-state index in [1.165, 1.54) is 0 Å². The van der Waals surface area contributed by atoms with E-state index in [1.54, 1.807) is 11.8 Å². The van der Waals surface area contributed by atoms with Crippen LogP contribution in [-0.2, 0) is 0 Å². The van der Waals surface area contributed by atoms with Crippen LogP contribution in [0.15, 0.2) is 78.9 Å². The van der Waals surface area contributed by atoms with Gasteiger partial charge >= 0.3 is 0 Å². The maximum Gasteiger partial charge on any atom is 0.255 e. The summed E-state index contributed by atoms with van der Waals surface area (Å²) in [7, 11) is 0. The lowest BCUT2D eigenvalue weighted by atomic mass is 10.1. The van der Waals surface area contributed by atoms with Crippen molar-refractivity contribution in [2.24, 2.45) is 0 Å². The van der Waals surface area contributed by atoms with Crippen LogP contribution in [0, 0.1) is 6.92 Å². The number of carbonyl (C=O) groups is 1. The fourth-order valence-corrected chi connectivity index (χ4v) is 4.42. The predicted octanol–water partition coefficient (Wildman–Crippen LogP) is 5.68. The first-order chi connectivity index (χ1) is 13.2. The molecule has 1 heterocycles. The van der Waals surface area contributed by atoms with E-state index < -0.39 is 0 Å². The summed E-state index contributed by atoms with van der Waals surface area (Å²) in [5.41, 5.74) is 2.99. The smallest absolute Gasteiger partial charge is 0.255 e. The Kier molecular flexibility index (Phi) is 5.16. The second-order valence-electron chi connectivity index (χ2n) is 6.58. The number of thioether (sulfide) groups is 1. The zero-order valence-corrected chi connectivity index (χ0v) is 16.0. The lowest BCUT2D eigenvalue weighted by Crippen LogP contribution is -2.30. The molecule has 0 radical (unpaired) electrons. The van der Waals surface area contributed by atoms with Crippen LogP contribution in [0.25, 0.3) is 0 Å². The molecule has 0 aromatic heterocycles. The molecule has 27 heavy (non-hydrogen) atoms. The molecular weight excluding hydrogens is 354 g/mol. The third-order valence-electron chi connectivity index (χ3n) is 4.57. The van der Waals surface area contributed by atoms with Crippen LogP contribution in [-0.4, -0.2) is 23.1 Å². The molecule has 0 saturated carbocycles. The summed E-state index contributed by atoms with van der Waals surface area (Å²) in [4.78, 5) is 15.0. The highest BCUT2D eigenvalue weighted by atomic mass is 32.2. The molecule has 136 valence electrons. The molecule has 0 N–H and O–H groups in total. The Bertz CT molecular complexity index is 925. The van der Waals surface area contributed by atoms with E-state index in [9.17, 15) is 4.79 Å². The molecule has 1 amide bonds. The highest BCUT2D eigenvalue weighted by molar-refractivity contribution is 7.99. The molecule has 3 aromatic carbocycles. The van der Waals surface area contributed by atoms with Crippen molar-refractivity contribution >= 4 is 17.7 Å². The van der Waals surface area contributed by atoms with Crippen molar-refractivity contribution in [2.75, 3.05) is 12.3 Å². The number of para-hydroxylation sites is 1. The molecule has 4 rings (SSSR count). The third kappa shape index (κ3) is 4.01. The maximum atomic E-state index is 13.0. The van der Waals surface area contributed by atoms with Gasteiger partial charge in [-0.2, -0.15) is 0 Å². The van der Waals surface area contributed by atoms with Crippen molar-refractivity contribution in [3.05, 3.63) is 95.6 Å². The highest BCUT2D eigenvalue weighted by Gasteiger charge is 2.31. The van der Waals surface area contributed by atoms with E-state index in [2.05, 4.69) is 6.07 Å². The predicted molar refractivity (Wildman–Crippen MR) is 110 cm³/mol. The SMILES string of the molecule is Cc1ccc(C(=O)N2CCSC2c2cccc(Oc3ccccc3)c2)cc1. The lowest BCUT2D eigenvalue weighted by Gasteiger charge is -2.24. The molecule has 0 bridgehead atoms. The topological polar surface area (TPSA) is 29.5 Å². The average Bonchev–Trinajstić information content (AvgIpc) is 3.19. The van der Waals surface area contributed by atoms with E-state index in [0.717, 1.165) is 40.5 Å². The van der Waals surface area contributed by atoms with Gasteiger partial charge < -0.3 is 9.64 Å². The second kappa shape index (κ2) is 7.89. The van der Waals surface area contributed by atoms with Gasteiger partial charge in [-0.3, -0.25) is 4.79 Å². The Morgan fingerprint density at radius 2 is 1.70 bits per heavy atom. The Morgan fingerprint density at radius 1 is 0.963 bits per heavy atom. The van der Waals surface area contributed by atoms with Crippen LogP contribution in [0.3, 0.4) is 0 Å². The van der Waals surface area contributed by atoms with Gasteiger partial charge in [-0.15, -0.1) is 11.8 Å². The normalized spacial score (nSPS) is 16.3. The van der Waals surface area contributed by atoms with Crippen molar-refractivity contribution < 1.29 is 9.53 Å². The molecule has 1 aliphatic rings. The van der Waals surface area contributed by atoms with Gasteiger partial charge in [-0.25, -0.2) is 0 Å². The van der Waals surface area contributed by atoms with E-state index in [4.69, 9.17) is 4.74 Å². The van der Waals surface area contributed by atoms with Crippen LogP contribution < -0.4 is 4.74 Å². The molecule has 1 saturated heterocycles. The van der Waals surface area contributed by atoms with Gasteiger partial charge in [0.15, 0.2) is 0 Å². The molecule has 0 spiro atoms. The minimum Gasteiger partial charge on any atom is -0.457 e. The summed E-state index contributed by atoms with van der Waals surface area (Å²) in [6.07, 6.45) is 0. The number of nitrogens with zero attached hydrogens (tertiary/aromatic N) is 1. The van der Waals surface area contributed by atoms with Gasteiger partial charge in [0, 0.05) is 17.9 Å².